The van der Waals surface area contributed by atoms with Gasteiger partial charge in [-0.3, -0.25) is 4.57 Å². The summed E-state index contributed by atoms with van der Waals surface area (Å²) in [4.78, 5) is 12.2. The van der Waals surface area contributed by atoms with Gasteiger partial charge in [0.15, 0.2) is 17.8 Å². The van der Waals surface area contributed by atoms with Crippen LogP contribution in [-0.2, 0) is 9.47 Å². The molecular formula is C10H13N5O3. The number of aromatic nitrogens is 4. The standard InChI is InChI=1S/C10H13N5O3/c11-9-8-10(13-4-12-9)15(5-14-8)6-1-2-17-7(3-16)18-6/h4-7,16H,1-3H2,(H2,11,12,13)/t6-,7-/m0/s1. The lowest BCUT2D eigenvalue weighted by Crippen LogP contribution is -2.32. The second-order valence-electron chi connectivity index (χ2n) is 3.95. The van der Waals surface area contributed by atoms with Gasteiger partial charge in [-0.1, -0.05) is 0 Å². The molecule has 0 spiro atoms. The fourth-order valence-corrected chi connectivity index (χ4v) is 1.96. The number of anilines is 1. The van der Waals surface area contributed by atoms with Gasteiger partial charge in [-0.05, 0) is 0 Å². The van der Waals surface area contributed by atoms with Crippen LogP contribution in [0.3, 0.4) is 0 Å². The molecular weight excluding hydrogens is 238 g/mol. The topological polar surface area (TPSA) is 108 Å². The van der Waals surface area contributed by atoms with Crippen LogP contribution in [0, 0.1) is 0 Å². The first kappa shape index (κ1) is 11.3. The van der Waals surface area contributed by atoms with Gasteiger partial charge in [0.1, 0.15) is 18.1 Å². The summed E-state index contributed by atoms with van der Waals surface area (Å²) in [5.74, 6) is 0.338. The summed E-state index contributed by atoms with van der Waals surface area (Å²) in [5.41, 5.74) is 6.89. The molecule has 0 saturated carbocycles. The summed E-state index contributed by atoms with van der Waals surface area (Å²) in [6.45, 7) is 0.330. The molecule has 2 aromatic heterocycles. The molecule has 0 bridgehead atoms. The van der Waals surface area contributed by atoms with Crippen LogP contribution >= 0.6 is 0 Å². The lowest BCUT2D eigenvalue weighted by molar-refractivity contribution is -0.245. The minimum Gasteiger partial charge on any atom is -0.391 e. The number of aliphatic hydroxyl groups is 1. The van der Waals surface area contributed by atoms with E-state index in [2.05, 4.69) is 15.0 Å². The largest absolute Gasteiger partial charge is 0.391 e. The highest BCUT2D eigenvalue weighted by Crippen LogP contribution is 2.25. The monoisotopic (exact) mass is 251 g/mol. The highest BCUT2D eigenvalue weighted by molar-refractivity contribution is 5.81. The number of hydrogen-bond donors (Lipinski definition) is 2. The summed E-state index contributed by atoms with van der Waals surface area (Å²) in [7, 11) is 0. The Morgan fingerprint density at radius 1 is 1.44 bits per heavy atom. The summed E-state index contributed by atoms with van der Waals surface area (Å²) in [6.07, 6.45) is 2.78. The van der Waals surface area contributed by atoms with Crippen molar-refractivity contribution in [3.8, 4) is 0 Å². The average Bonchev–Trinajstić information content (AvgIpc) is 2.84. The second kappa shape index (κ2) is 4.48. The van der Waals surface area contributed by atoms with Crippen LogP contribution in [0.25, 0.3) is 11.2 Å². The zero-order chi connectivity index (χ0) is 12.5. The Hall–Kier alpha value is -1.77. The minimum absolute atomic E-state index is 0.180. The van der Waals surface area contributed by atoms with Gasteiger partial charge in [0.25, 0.3) is 0 Å². The molecule has 0 aromatic carbocycles. The third kappa shape index (κ3) is 1.80. The number of rotatable bonds is 2. The minimum atomic E-state index is -0.611. The van der Waals surface area contributed by atoms with Crippen molar-refractivity contribution in [1.29, 1.82) is 0 Å². The van der Waals surface area contributed by atoms with E-state index in [1.165, 1.54) is 6.33 Å². The van der Waals surface area contributed by atoms with E-state index in [4.69, 9.17) is 20.3 Å². The van der Waals surface area contributed by atoms with E-state index in [1.807, 2.05) is 0 Å². The molecule has 1 fully saturated rings. The molecule has 1 aliphatic heterocycles. The molecule has 0 amide bonds. The molecule has 3 rings (SSSR count). The maximum Gasteiger partial charge on any atom is 0.183 e. The first-order chi connectivity index (χ1) is 8.79. The van der Waals surface area contributed by atoms with E-state index < -0.39 is 6.29 Å². The quantitative estimate of drug-likeness (QED) is 0.751. The molecule has 3 heterocycles. The number of fused-ring (bicyclic) bond motifs is 1. The molecule has 1 saturated heterocycles. The normalized spacial score (nSPS) is 24.5. The highest BCUT2D eigenvalue weighted by atomic mass is 16.7. The summed E-state index contributed by atoms with van der Waals surface area (Å²) in [5, 5.41) is 9.04. The molecule has 18 heavy (non-hydrogen) atoms. The molecule has 2 aromatic rings. The lowest BCUT2D eigenvalue weighted by Gasteiger charge is -2.29. The molecule has 8 nitrogen and oxygen atoms in total. The van der Waals surface area contributed by atoms with Crippen molar-refractivity contribution in [1.82, 2.24) is 19.5 Å². The number of nitrogen functional groups attached to an aromatic ring is 1. The van der Waals surface area contributed by atoms with Gasteiger partial charge in [-0.25, -0.2) is 15.0 Å². The van der Waals surface area contributed by atoms with E-state index in [0.717, 1.165) is 0 Å². The van der Waals surface area contributed by atoms with Crippen LogP contribution in [0.1, 0.15) is 12.6 Å². The maximum atomic E-state index is 9.04. The number of nitrogens with zero attached hydrogens (tertiary/aromatic N) is 4. The van der Waals surface area contributed by atoms with E-state index in [9.17, 15) is 0 Å². The molecule has 1 aliphatic rings. The Morgan fingerprint density at radius 3 is 3.17 bits per heavy atom. The number of aliphatic hydroxyl groups excluding tert-OH is 1. The van der Waals surface area contributed by atoms with Crippen molar-refractivity contribution in [2.75, 3.05) is 18.9 Å². The van der Waals surface area contributed by atoms with Crippen LogP contribution in [0.2, 0.25) is 0 Å². The van der Waals surface area contributed by atoms with Crippen molar-refractivity contribution in [3.63, 3.8) is 0 Å². The molecule has 3 N–H and O–H groups in total. The predicted octanol–water partition coefficient (Wildman–Crippen LogP) is -0.338. The van der Waals surface area contributed by atoms with Crippen molar-refractivity contribution in [3.05, 3.63) is 12.7 Å². The van der Waals surface area contributed by atoms with Crippen molar-refractivity contribution < 1.29 is 14.6 Å². The first-order valence-corrected chi connectivity index (χ1v) is 5.60. The van der Waals surface area contributed by atoms with Crippen LogP contribution in [0.15, 0.2) is 12.7 Å². The molecule has 0 aliphatic carbocycles. The van der Waals surface area contributed by atoms with E-state index in [1.54, 1.807) is 10.9 Å². The van der Waals surface area contributed by atoms with Gasteiger partial charge in [0.05, 0.1) is 19.5 Å². The van der Waals surface area contributed by atoms with Crippen LogP contribution in [0.5, 0.6) is 0 Å². The molecule has 0 unspecified atom stereocenters. The molecule has 96 valence electrons. The molecule has 0 radical (unpaired) electrons. The average molecular weight is 251 g/mol. The Kier molecular flexibility index (Phi) is 2.82. The van der Waals surface area contributed by atoms with E-state index in [-0.39, 0.29) is 12.8 Å². The van der Waals surface area contributed by atoms with Crippen LogP contribution in [-0.4, -0.2) is 44.1 Å². The SMILES string of the molecule is Nc1ncnc2c1ncn2[C@@H]1CCO[C@H](CO)O1. The summed E-state index contributed by atoms with van der Waals surface area (Å²) >= 11 is 0. The number of nitrogens with two attached hydrogens (primary N) is 1. The van der Waals surface area contributed by atoms with Crippen molar-refractivity contribution >= 4 is 17.0 Å². The zero-order valence-electron chi connectivity index (χ0n) is 9.56. The fourth-order valence-electron chi connectivity index (χ4n) is 1.96. The molecule has 8 heteroatoms. The first-order valence-electron chi connectivity index (χ1n) is 5.60. The Bertz CT molecular complexity index is 557. The Morgan fingerprint density at radius 2 is 2.33 bits per heavy atom. The number of imidazole rings is 1. The summed E-state index contributed by atoms with van der Waals surface area (Å²) < 4.78 is 12.6. The second-order valence-corrected chi connectivity index (χ2v) is 3.95. The number of hydrogen-bond acceptors (Lipinski definition) is 7. The fraction of sp³-hybridized carbons (Fsp3) is 0.500. The van der Waals surface area contributed by atoms with Crippen LogP contribution in [0.4, 0.5) is 5.82 Å². The molecule has 2 atom stereocenters. The Labute approximate surface area is 102 Å². The zero-order valence-corrected chi connectivity index (χ0v) is 9.56. The van der Waals surface area contributed by atoms with Gasteiger partial charge in [-0.15, -0.1) is 0 Å². The van der Waals surface area contributed by atoms with Crippen molar-refractivity contribution in [2.24, 2.45) is 0 Å². The van der Waals surface area contributed by atoms with Gasteiger partial charge in [0.2, 0.25) is 0 Å². The summed E-state index contributed by atoms with van der Waals surface area (Å²) in [6, 6.07) is 0. The highest BCUT2D eigenvalue weighted by Gasteiger charge is 2.25. The number of ether oxygens (including phenoxy) is 2. The third-order valence-electron chi connectivity index (χ3n) is 2.82. The van der Waals surface area contributed by atoms with Gasteiger partial charge in [0, 0.05) is 6.42 Å². The maximum absolute atomic E-state index is 9.04. The van der Waals surface area contributed by atoms with E-state index in [0.29, 0.717) is 30.0 Å². The van der Waals surface area contributed by atoms with Crippen molar-refractivity contribution in [2.45, 2.75) is 18.9 Å². The van der Waals surface area contributed by atoms with E-state index >= 15 is 0 Å². The van der Waals surface area contributed by atoms with Gasteiger partial charge >= 0.3 is 0 Å². The Balaban J connectivity index is 1.96. The lowest BCUT2D eigenvalue weighted by atomic mass is 10.3. The predicted molar refractivity (Wildman–Crippen MR) is 61.3 cm³/mol. The van der Waals surface area contributed by atoms with Gasteiger partial charge in [-0.2, -0.15) is 0 Å². The van der Waals surface area contributed by atoms with Crippen LogP contribution < -0.4 is 5.73 Å². The van der Waals surface area contributed by atoms with Gasteiger partial charge < -0.3 is 20.3 Å². The smallest absolute Gasteiger partial charge is 0.183 e. The third-order valence-corrected chi connectivity index (χ3v) is 2.82.